The molecule has 1 fully saturated rings. The molecule has 1 amide bonds. The lowest BCUT2D eigenvalue weighted by Crippen LogP contribution is -2.30. The van der Waals surface area contributed by atoms with E-state index in [0.29, 0.717) is 25.3 Å². The number of carbonyl (C=O) groups is 2. The summed E-state index contributed by atoms with van der Waals surface area (Å²) in [5, 5.41) is 0. The summed E-state index contributed by atoms with van der Waals surface area (Å²) in [6, 6.07) is 1.92. The molecule has 2 heterocycles. The van der Waals surface area contributed by atoms with E-state index in [0.717, 1.165) is 34.8 Å². The minimum absolute atomic E-state index is 0.0785. The van der Waals surface area contributed by atoms with Crippen LogP contribution >= 0.6 is 11.3 Å². The van der Waals surface area contributed by atoms with Crippen molar-refractivity contribution in [2.45, 2.75) is 33.1 Å². The first-order valence-electron chi connectivity index (χ1n) is 7.09. The van der Waals surface area contributed by atoms with Gasteiger partial charge in [-0.1, -0.05) is 0 Å². The van der Waals surface area contributed by atoms with Gasteiger partial charge in [-0.25, -0.2) is 0 Å². The van der Waals surface area contributed by atoms with Gasteiger partial charge in [0.1, 0.15) is 0 Å². The van der Waals surface area contributed by atoms with E-state index in [2.05, 4.69) is 0 Å². The largest absolute Gasteiger partial charge is 0.342 e. The summed E-state index contributed by atoms with van der Waals surface area (Å²) in [6.45, 7) is 6.12. The highest BCUT2D eigenvalue weighted by molar-refractivity contribution is 7.12. The van der Waals surface area contributed by atoms with Crippen molar-refractivity contribution in [3.05, 3.63) is 21.4 Å². The van der Waals surface area contributed by atoms with Crippen molar-refractivity contribution in [2.75, 3.05) is 19.6 Å². The molecule has 20 heavy (non-hydrogen) atoms. The average molecular weight is 294 g/mol. The van der Waals surface area contributed by atoms with Gasteiger partial charge >= 0.3 is 0 Å². The van der Waals surface area contributed by atoms with Crippen LogP contribution in [-0.4, -0.2) is 36.2 Å². The number of Topliss-reactive ketones (excluding diaryl/α,β-unsaturated/α-hetero) is 1. The Morgan fingerprint density at radius 2 is 2.15 bits per heavy atom. The number of nitrogens with two attached hydrogens (primary N) is 1. The third-order valence-corrected chi connectivity index (χ3v) is 4.85. The van der Waals surface area contributed by atoms with Gasteiger partial charge in [0.25, 0.3) is 0 Å². The van der Waals surface area contributed by atoms with E-state index in [1.165, 1.54) is 0 Å². The number of aryl methyl sites for hydroxylation is 2. The van der Waals surface area contributed by atoms with Gasteiger partial charge in [0.15, 0.2) is 5.78 Å². The highest BCUT2D eigenvalue weighted by Crippen LogP contribution is 2.23. The Bertz CT molecular complexity index is 510. The van der Waals surface area contributed by atoms with Crippen LogP contribution in [0.5, 0.6) is 0 Å². The number of ketones is 1. The number of hydrogen-bond acceptors (Lipinski definition) is 4. The number of rotatable bonds is 5. The molecule has 110 valence electrons. The zero-order valence-corrected chi connectivity index (χ0v) is 13.0. The fourth-order valence-corrected chi connectivity index (χ4v) is 3.61. The molecule has 0 radical (unpaired) electrons. The number of hydrogen-bond donors (Lipinski definition) is 1. The summed E-state index contributed by atoms with van der Waals surface area (Å²) >= 11 is 1.63. The zero-order chi connectivity index (χ0) is 14.7. The average Bonchev–Trinajstić information content (AvgIpc) is 3.02. The first-order chi connectivity index (χ1) is 9.51. The van der Waals surface area contributed by atoms with Crippen LogP contribution in [0.15, 0.2) is 6.07 Å². The van der Waals surface area contributed by atoms with Crippen LogP contribution in [0.1, 0.15) is 39.4 Å². The molecule has 0 bridgehead atoms. The Hall–Kier alpha value is -1.20. The monoisotopic (exact) mass is 294 g/mol. The van der Waals surface area contributed by atoms with Crippen LogP contribution in [0.3, 0.4) is 0 Å². The maximum atomic E-state index is 12.1. The smallest absolute Gasteiger partial charge is 0.223 e. The Balaban J connectivity index is 1.85. The molecule has 2 N–H and O–H groups in total. The summed E-state index contributed by atoms with van der Waals surface area (Å²) in [6.07, 6.45) is 1.60. The molecule has 2 rings (SSSR count). The fraction of sp³-hybridized carbons (Fsp3) is 0.600. The SMILES string of the molecule is Cc1cc(C(=O)CCC(=O)N2CCC(CN)C2)c(C)s1. The normalized spacial score (nSPS) is 18.6. The summed E-state index contributed by atoms with van der Waals surface area (Å²) in [5.41, 5.74) is 6.40. The zero-order valence-electron chi connectivity index (χ0n) is 12.1. The van der Waals surface area contributed by atoms with E-state index < -0.39 is 0 Å². The molecule has 0 spiro atoms. The number of nitrogens with zero attached hydrogens (tertiary/aromatic N) is 1. The first-order valence-corrected chi connectivity index (χ1v) is 7.91. The highest BCUT2D eigenvalue weighted by atomic mass is 32.1. The lowest BCUT2D eigenvalue weighted by molar-refractivity contribution is -0.130. The van der Waals surface area contributed by atoms with Gasteiger partial charge in [0.05, 0.1) is 0 Å². The Kier molecular flexibility index (Phi) is 4.94. The number of likely N-dealkylation sites (tertiary alicyclic amines) is 1. The fourth-order valence-electron chi connectivity index (χ4n) is 2.67. The van der Waals surface area contributed by atoms with Crippen molar-refractivity contribution in [3.8, 4) is 0 Å². The molecule has 1 unspecified atom stereocenters. The quantitative estimate of drug-likeness (QED) is 0.846. The van der Waals surface area contributed by atoms with Crippen LogP contribution in [-0.2, 0) is 4.79 Å². The lowest BCUT2D eigenvalue weighted by atomic mass is 10.1. The summed E-state index contributed by atoms with van der Waals surface area (Å²) in [4.78, 5) is 28.2. The molecule has 0 aromatic carbocycles. The summed E-state index contributed by atoms with van der Waals surface area (Å²) < 4.78 is 0. The maximum absolute atomic E-state index is 12.1. The number of amides is 1. The van der Waals surface area contributed by atoms with E-state index in [-0.39, 0.29) is 11.7 Å². The predicted molar refractivity (Wildman–Crippen MR) is 81.1 cm³/mol. The predicted octanol–water partition coefficient (Wildman–Crippen LogP) is 2.14. The highest BCUT2D eigenvalue weighted by Gasteiger charge is 2.25. The van der Waals surface area contributed by atoms with Crippen LogP contribution in [0.4, 0.5) is 0 Å². The number of thiophene rings is 1. The van der Waals surface area contributed by atoms with Crippen molar-refractivity contribution in [3.63, 3.8) is 0 Å². The van der Waals surface area contributed by atoms with E-state index in [1.54, 1.807) is 11.3 Å². The van der Waals surface area contributed by atoms with Gasteiger partial charge in [0.2, 0.25) is 5.91 Å². The lowest BCUT2D eigenvalue weighted by Gasteiger charge is -2.15. The van der Waals surface area contributed by atoms with E-state index in [4.69, 9.17) is 5.73 Å². The van der Waals surface area contributed by atoms with Gasteiger partial charge in [-0.15, -0.1) is 11.3 Å². The van der Waals surface area contributed by atoms with Crippen LogP contribution in [0.2, 0.25) is 0 Å². The van der Waals surface area contributed by atoms with Gasteiger partial charge in [-0.3, -0.25) is 9.59 Å². The van der Waals surface area contributed by atoms with E-state index in [1.807, 2.05) is 24.8 Å². The Labute approximate surface area is 124 Å². The maximum Gasteiger partial charge on any atom is 0.223 e. The molecule has 4 nitrogen and oxygen atoms in total. The molecule has 1 aliphatic rings. The first kappa shape index (κ1) is 15.2. The topological polar surface area (TPSA) is 63.4 Å². The Morgan fingerprint density at radius 3 is 2.70 bits per heavy atom. The van der Waals surface area contributed by atoms with Crippen LogP contribution < -0.4 is 5.73 Å². The summed E-state index contributed by atoms with van der Waals surface area (Å²) in [7, 11) is 0. The third kappa shape index (κ3) is 3.46. The van der Waals surface area contributed by atoms with Crippen LogP contribution in [0.25, 0.3) is 0 Å². The van der Waals surface area contributed by atoms with Gasteiger partial charge in [-0.05, 0) is 38.8 Å². The van der Waals surface area contributed by atoms with Gasteiger partial charge in [-0.2, -0.15) is 0 Å². The van der Waals surface area contributed by atoms with E-state index >= 15 is 0 Å². The van der Waals surface area contributed by atoms with Gasteiger partial charge < -0.3 is 10.6 Å². The molecule has 1 aromatic rings. The molecular formula is C15H22N2O2S. The molecular weight excluding hydrogens is 272 g/mol. The molecule has 0 aliphatic carbocycles. The molecule has 1 atom stereocenters. The van der Waals surface area contributed by atoms with Crippen molar-refractivity contribution in [1.29, 1.82) is 0 Å². The van der Waals surface area contributed by atoms with Crippen LogP contribution in [0, 0.1) is 19.8 Å². The van der Waals surface area contributed by atoms with Crippen molar-refractivity contribution >= 4 is 23.0 Å². The standard InChI is InChI=1S/C15H22N2O2S/c1-10-7-13(11(2)20-10)14(18)3-4-15(19)17-6-5-12(8-16)9-17/h7,12H,3-6,8-9,16H2,1-2H3. The van der Waals surface area contributed by atoms with Gasteiger partial charge in [0, 0.05) is 41.2 Å². The number of carbonyl (C=O) groups excluding carboxylic acids is 2. The second kappa shape index (κ2) is 6.50. The second-order valence-corrected chi connectivity index (χ2v) is 6.94. The van der Waals surface area contributed by atoms with Crippen molar-refractivity contribution in [1.82, 2.24) is 4.90 Å². The molecule has 1 aliphatic heterocycles. The van der Waals surface area contributed by atoms with Crippen molar-refractivity contribution < 1.29 is 9.59 Å². The molecule has 0 saturated carbocycles. The molecule has 5 heteroatoms. The third-order valence-electron chi connectivity index (χ3n) is 3.88. The van der Waals surface area contributed by atoms with Crippen molar-refractivity contribution in [2.24, 2.45) is 11.7 Å². The summed E-state index contributed by atoms with van der Waals surface area (Å²) in [5.74, 6) is 0.588. The molecule has 1 saturated heterocycles. The second-order valence-electron chi connectivity index (χ2n) is 5.48. The Morgan fingerprint density at radius 1 is 1.40 bits per heavy atom. The minimum Gasteiger partial charge on any atom is -0.342 e. The van der Waals surface area contributed by atoms with E-state index in [9.17, 15) is 9.59 Å². The molecule has 1 aromatic heterocycles. The minimum atomic E-state index is 0.0785.